The number of aliphatic hydroxyl groups excluding tert-OH is 1. The van der Waals surface area contributed by atoms with Gasteiger partial charge in [-0.25, -0.2) is 4.39 Å². The predicted octanol–water partition coefficient (Wildman–Crippen LogP) is 1.09. The average Bonchev–Trinajstić information content (AvgIpc) is 2.53. The number of nitrogens with one attached hydrogen (secondary N) is 1. The van der Waals surface area contributed by atoms with Gasteiger partial charge in [0.25, 0.3) is 0 Å². The van der Waals surface area contributed by atoms with Crippen LogP contribution < -0.4 is 5.32 Å². The quantitative estimate of drug-likeness (QED) is 0.790. The highest BCUT2D eigenvalue weighted by molar-refractivity contribution is 5.20. The van der Waals surface area contributed by atoms with Crippen LogP contribution in [0.5, 0.6) is 0 Å². The molecule has 1 saturated heterocycles. The van der Waals surface area contributed by atoms with Crippen molar-refractivity contribution in [2.24, 2.45) is 0 Å². The van der Waals surface area contributed by atoms with E-state index in [9.17, 15) is 9.50 Å². The Hall–Kier alpha value is -1.01. The molecule has 0 aromatic heterocycles. The number of likely N-dealkylation sites (N-methyl/N-ethyl adjacent to an activating group) is 1. The van der Waals surface area contributed by atoms with Gasteiger partial charge in [-0.2, -0.15) is 0 Å². The monoisotopic (exact) mass is 295 g/mol. The van der Waals surface area contributed by atoms with Gasteiger partial charge in [0.15, 0.2) is 0 Å². The van der Waals surface area contributed by atoms with Gasteiger partial charge in [0.05, 0.1) is 6.61 Å². The minimum atomic E-state index is -0.204. The molecule has 2 rings (SSSR count). The second kappa shape index (κ2) is 8.44. The molecule has 21 heavy (non-hydrogen) atoms. The van der Waals surface area contributed by atoms with E-state index in [1.54, 1.807) is 0 Å². The SMILES string of the molecule is CCN(CCO)C(CN1CCNCC1)c1ccc(F)cc1. The zero-order valence-electron chi connectivity index (χ0n) is 12.8. The number of hydrogen-bond donors (Lipinski definition) is 2. The highest BCUT2D eigenvalue weighted by Gasteiger charge is 2.22. The van der Waals surface area contributed by atoms with Crippen LogP contribution in [0.3, 0.4) is 0 Å². The lowest BCUT2D eigenvalue weighted by Gasteiger charge is -2.36. The van der Waals surface area contributed by atoms with Gasteiger partial charge in [-0.1, -0.05) is 19.1 Å². The fourth-order valence-corrected chi connectivity index (χ4v) is 2.92. The van der Waals surface area contributed by atoms with Crippen molar-refractivity contribution in [3.8, 4) is 0 Å². The fourth-order valence-electron chi connectivity index (χ4n) is 2.92. The van der Waals surface area contributed by atoms with E-state index in [2.05, 4.69) is 22.0 Å². The predicted molar refractivity (Wildman–Crippen MR) is 82.8 cm³/mol. The lowest BCUT2D eigenvalue weighted by Crippen LogP contribution is -2.47. The molecular formula is C16H26FN3O. The number of aliphatic hydroxyl groups is 1. The zero-order chi connectivity index (χ0) is 15.1. The first kappa shape index (κ1) is 16.4. The van der Waals surface area contributed by atoms with Gasteiger partial charge in [0.1, 0.15) is 5.82 Å². The van der Waals surface area contributed by atoms with Gasteiger partial charge in [-0.05, 0) is 24.2 Å². The molecule has 1 aromatic carbocycles. The van der Waals surface area contributed by atoms with Crippen molar-refractivity contribution in [1.29, 1.82) is 0 Å². The normalized spacial score (nSPS) is 18.1. The highest BCUT2D eigenvalue weighted by atomic mass is 19.1. The summed E-state index contributed by atoms with van der Waals surface area (Å²) < 4.78 is 13.2. The van der Waals surface area contributed by atoms with E-state index in [-0.39, 0.29) is 18.5 Å². The van der Waals surface area contributed by atoms with E-state index in [0.29, 0.717) is 6.54 Å². The number of rotatable bonds is 7. The Balaban J connectivity index is 2.13. The molecule has 1 atom stereocenters. The first-order valence-electron chi connectivity index (χ1n) is 7.78. The van der Waals surface area contributed by atoms with Crippen molar-refractivity contribution in [3.05, 3.63) is 35.6 Å². The lowest BCUT2D eigenvalue weighted by molar-refractivity contribution is 0.113. The molecule has 2 N–H and O–H groups in total. The summed E-state index contributed by atoms with van der Waals surface area (Å²) in [7, 11) is 0. The minimum Gasteiger partial charge on any atom is -0.395 e. The topological polar surface area (TPSA) is 38.7 Å². The van der Waals surface area contributed by atoms with Gasteiger partial charge in [-0.15, -0.1) is 0 Å². The molecule has 5 heteroatoms. The average molecular weight is 295 g/mol. The zero-order valence-corrected chi connectivity index (χ0v) is 12.8. The summed E-state index contributed by atoms with van der Waals surface area (Å²) in [5, 5.41) is 12.6. The van der Waals surface area contributed by atoms with Crippen LogP contribution >= 0.6 is 0 Å². The van der Waals surface area contributed by atoms with E-state index in [0.717, 1.165) is 44.8 Å². The highest BCUT2D eigenvalue weighted by Crippen LogP contribution is 2.22. The Morgan fingerprint density at radius 1 is 1.29 bits per heavy atom. The Morgan fingerprint density at radius 3 is 2.52 bits per heavy atom. The molecule has 1 aliphatic rings. The first-order chi connectivity index (χ1) is 10.2. The molecule has 118 valence electrons. The maximum Gasteiger partial charge on any atom is 0.123 e. The van der Waals surface area contributed by atoms with Gasteiger partial charge in [0.2, 0.25) is 0 Å². The van der Waals surface area contributed by atoms with E-state index in [1.165, 1.54) is 12.1 Å². The molecule has 0 amide bonds. The second-order valence-corrected chi connectivity index (χ2v) is 5.47. The number of piperazine rings is 1. The van der Waals surface area contributed by atoms with Crippen LogP contribution in [-0.4, -0.2) is 67.3 Å². The third-order valence-corrected chi connectivity index (χ3v) is 4.13. The molecule has 0 bridgehead atoms. The molecular weight excluding hydrogens is 269 g/mol. The van der Waals surface area contributed by atoms with Crippen LogP contribution in [0.4, 0.5) is 4.39 Å². The van der Waals surface area contributed by atoms with Gasteiger partial charge in [-0.3, -0.25) is 9.80 Å². The molecule has 1 aromatic rings. The third kappa shape index (κ3) is 4.74. The van der Waals surface area contributed by atoms with Gasteiger partial charge < -0.3 is 10.4 Å². The van der Waals surface area contributed by atoms with Gasteiger partial charge >= 0.3 is 0 Å². The number of halogens is 1. The largest absolute Gasteiger partial charge is 0.395 e. The van der Waals surface area contributed by atoms with Crippen molar-refractivity contribution < 1.29 is 9.50 Å². The molecule has 0 spiro atoms. The van der Waals surface area contributed by atoms with E-state index in [1.807, 2.05) is 12.1 Å². The van der Waals surface area contributed by atoms with Crippen LogP contribution in [0.1, 0.15) is 18.5 Å². The Bertz CT molecular complexity index is 406. The summed E-state index contributed by atoms with van der Waals surface area (Å²) >= 11 is 0. The minimum absolute atomic E-state index is 0.146. The van der Waals surface area contributed by atoms with E-state index < -0.39 is 0 Å². The first-order valence-corrected chi connectivity index (χ1v) is 7.78. The second-order valence-electron chi connectivity index (χ2n) is 5.47. The molecule has 1 heterocycles. The number of hydrogen-bond acceptors (Lipinski definition) is 4. The molecule has 0 saturated carbocycles. The molecule has 0 aliphatic carbocycles. The molecule has 1 unspecified atom stereocenters. The molecule has 0 radical (unpaired) electrons. The Kier molecular flexibility index (Phi) is 6.57. The summed E-state index contributed by atoms with van der Waals surface area (Å²) in [4.78, 5) is 4.69. The molecule has 4 nitrogen and oxygen atoms in total. The summed E-state index contributed by atoms with van der Waals surface area (Å²) in [6, 6.07) is 6.96. The lowest BCUT2D eigenvalue weighted by atomic mass is 10.0. The third-order valence-electron chi connectivity index (χ3n) is 4.13. The fraction of sp³-hybridized carbons (Fsp3) is 0.625. The summed E-state index contributed by atoms with van der Waals surface area (Å²) in [5.74, 6) is -0.204. The Labute approximate surface area is 126 Å². The van der Waals surface area contributed by atoms with Crippen molar-refractivity contribution in [2.45, 2.75) is 13.0 Å². The van der Waals surface area contributed by atoms with Crippen LogP contribution in [0.25, 0.3) is 0 Å². The molecule has 1 fully saturated rings. The molecule has 1 aliphatic heterocycles. The smallest absolute Gasteiger partial charge is 0.123 e. The summed E-state index contributed by atoms with van der Waals surface area (Å²) in [6.07, 6.45) is 0. The van der Waals surface area contributed by atoms with Crippen molar-refractivity contribution in [1.82, 2.24) is 15.1 Å². The van der Waals surface area contributed by atoms with Gasteiger partial charge in [0, 0.05) is 45.3 Å². The maximum atomic E-state index is 13.2. The van der Waals surface area contributed by atoms with E-state index >= 15 is 0 Å². The van der Waals surface area contributed by atoms with Crippen molar-refractivity contribution in [2.75, 3.05) is 52.4 Å². The standard InChI is InChI=1S/C16H26FN3O/c1-2-20(11-12-21)16(13-19-9-7-18-8-10-19)14-3-5-15(17)6-4-14/h3-6,16,18,21H,2,7-13H2,1H3. The Morgan fingerprint density at radius 2 is 1.95 bits per heavy atom. The number of nitrogens with zero attached hydrogens (tertiary/aromatic N) is 2. The van der Waals surface area contributed by atoms with Crippen molar-refractivity contribution in [3.63, 3.8) is 0 Å². The summed E-state index contributed by atoms with van der Waals surface area (Å²) in [6.45, 7) is 8.78. The summed E-state index contributed by atoms with van der Waals surface area (Å²) in [5.41, 5.74) is 1.12. The van der Waals surface area contributed by atoms with Crippen LogP contribution in [0.2, 0.25) is 0 Å². The maximum absolute atomic E-state index is 13.2. The van der Waals surface area contributed by atoms with Crippen LogP contribution in [0.15, 0.2) is 24.3 Å². The van der Waals surface area contributed by atoms with Crippen molar-refractivity contribution >= 4 is 0 Å². The number of benzene rings is 1. The van der Waals surface area contributed by atoms with E-state index in [4.69, 9.17) is 0 Å². The van der Waals surface area contributed by atoms with Crippen LogP contribution in [0, 0.1) is 5.82 Å². The van der Waals surface area contributed by atoms with Crippen LogP contribution in [-0.2, 0) is 0 Å².